The van der Waals surface area contributed by atoms with E-state index in [1.54, 1.807) is 0 Å². The van der Waals surface area contributed by atoms with Crippen LogP contribution in [0.5, 0.6) is 0 Å². The van der Waals surface area contributed by atoms with Gasteiger partial charge in [-0.2, -0.15) is 0 Å². The molecule has 6 nitrogen and oxygen atoms in total. The first kappa shape index (κ1) is 62.8. The average Bonchev–Trinajstić information content (AvgIpc) is 3.33. The molecule has 0 saturated heterocycles. The Balaban J connectivity index is 4.61. The number of unbranched alkanes of at least 4 members (excludes halogenated alkanes) is 16. The standard InChI is InChI=1S/C61H98O6/c1-4-7-10-13-16-19-22-25-28-31-34-36-39-42-45-48-51-54-60(63)66-57-58(67-61(64)55-52-49-46-43-40-37-33-30-27-24-21-18-15-12-9-6-3)56-65-59(62)53-50-47-44-41-38-35-32-29-26-23-20-17-14-11-8-5-2/h9,12,16,18-19,21,25,27-30,32,34,36-37,40,42,45-46,49,58H,4-8,10-11,13-15,17,20,22-24,26,31,33,35,38-39,41,43-44,47-48,50-57H2,1-3H3/b12-9-,19-16-,21-18-,28-25-,30-27-,32-29-,36-34-,40-37-,45-42-,49-46-. The van der Waals surface area contributed by atoms with Gasteiger partial charge >= 0.3 is 17.9 Å². The van der Waals surface area contributed by atoms with E-state index in [1.165, 1.54) is 83.5 Å². The molecule has 0 fully saturated rings. The van der Waals surface area contributed by atoms with Gasteiger partial charge in [0.25, 0.3) is 0 Å². The lowest BCUT2D eigenvalue weighted by Gasteiger charge is -2.18. The summed E-state index contributed by atoms with van der Waals surface area (Å²) in [6, 6.07) is 0. The summed E-state index contributed by atoms with van der Waals surface area (Å²) in [6.45, 7) is 6.36. The zero-order valence-corrected chi connectivity index (χ0v) is 43.1. The fourth-order valence-corrected chi connectivity index (χ4v) is 6.89. The smallest absolute Gasteiger partial charge is 0.306 e. The molecule has 0 bridgehead atoms. The molecule has 0 spiro atoms. The number of hydrogen-bond donors (Lipinski definition) is 0. The molecule has 67 heavy (non-hydrogen) atoms. The van der Waals surface area contributed by atoms with Gasteiger partial charge in [0.1, 0.15) is 13.2 Å². The van der Waals surface area contributed by atoms with Crippen LogP contribution in [0.2, 0.25) is 0 Å². The van der Waals surface area contributed by atoms with Crippen molar-refractivity contribution < 1.29 is 28.6 Å². The van der Waals surface area contributed by atoms with Gasteiger partial charge in [-0.15, -0.1) is 0 Å². The van der Waals surface area contributed by atoms with E-state index in [4.69, 9.17) is 14.2 Å². The second-order valence-electron chi connectivity index (χ2n) is 17.4. The van der Waals surface area contributed by atoms with Crippen LogP contribution >= 0.6 is 0 Å². The van der Waals surface area contributed by atoms with Crippen LogP contribution in [0.1, 0.15) is 226 Å². The van der Waals surface area contributed by atoms with Crippen molar-refractivity contribution in [2.24, 2.45) is 0 Å². The molecule has 0 aliphatic carbocycles. The summed E-state index contributed by atoms with van der Waals surface area (Å²) in [4.78, 5) is 38.0. The highest BCUT2D eigenvalue weighted by Gasteiger charge is 2.19. The Morgan fingerprint density at radius 2 is 0.627 bits per heavy atom. The Bertz CT molecular complexity index is 1440. The Labute approximate surface area is 412 Å². The van der Waals surface area contributed by atoms with Crippen molar-refractivity contribution in [1.29, 1.82) is 0 Å². The molecule has 0 aromatic carbocycles. The zero-order chi connectivity index (χ0) is 48.6. The highest BCUT2D eigenvalue weighted by Crippen LogP contribution is 2.12. The van der Waals surface area contributed by atoms with E-state index in [0.29, 0.717) is 19.3 Å². The van der Waals surface area contributed by atoms with Crippen molar-refractivity contribution >= 4 is 17.9 Å². The summed E-state index contributed by atoms with van der Waals surface area (Å²) in [5.74, 6) is -1.09. The first-order valence-corrected chi connectivity index (χ1v) is 27.0. The molecule has 0 aromatic heterocycles. The fraction of sp³-hybridized carbons (Fsp3) is 0.623. The molecule has 0 N–H and O–H groups in total. The molecule has 6 heteroatoms. The molecule has 1 unspecified atom stereocenters. The van der Waals surface area contributed by atoms with Crippen LogP contribution < -0.4 is 0 Å². The third-order valence-electron chi connectivity index (χ3n) is 10.9. The number of esters is 3. The summed E-state index contributed by atoms with van der Waals surface area (Å²) < 4.78 is 16.7. The number of allylic oxidation sites excluding steroid dienone is 20. The van der Waals surface area contributed by atoms with E-state index < -0.39 is 12.1 Å². The van der Waals surface area contributed by atoms with Crippen molar-refractivity contribution in [2.45, 2.75) is 232 Å². The van der Waals surface area contributed by atoms with Gasteiger partial charge in [0.2, 0.25) is 0 Å². The molecule has 0 aliphatic rings. The van der Waals surface area contributed by atoms with Gasteiger partial charge in [0.05, 0.1) is 0 Å². The molecular formula is C61H98O6. The molecule has 0 radical (unpaired) electrons. The molecule has 378 valence electrons. The summed E-state index contributed by atoms with van der Waals surface area (Å²) in [6.07, 6.45) is 74.9. The summed E-state index contributed by atoms with van der Waals surface area (Å²) >= 11 is 0. The Kier molecular flexibility index (Phi) is 51.0. The highest BCUT2D eigenvalue weighted by molar-refractivity contribution is 5.71. The predicted octanol–water partition coefficient (Wildman–Crippen LogP) is 18.1. The number of carbonyl (C=O) groups is 3. The third-order valence-corrected chi connectivity index (χ3v) is 10.9. The maximum Gasteiger partial charge on any atom is 0.306 e. The second kappa shape index (κ2) is 54.4. The van der Waals surface area contributed by atoms with Gasteiger partial charge in [-0.3, -0.25) is 14.4 Å². The maximum absolute atomic E-state index is 12.8. The van der Waals surface area contributed by atoms with Crippen molar-refractivity contribution in [1.82, 2.24) is 0 Å². The first-order valence-electron chi connectivity index (χ1n) is 27.0. The van der Waals surface area contributed by atoms with Crippen LogP contribution in [0.4, 0.5) is 0 Å². The van der Waals surface area contributed by atoms with Gasteiger partial charge in [0.15, 0.2) is 6.10 Å². The minimum atomic E-state index is -0.846. The Morgan fingerprint density at radius 1 is 0.313 bits per heavy atom. The molecule has 0 aromatic rings. The van der Waals surface area contributed by atoms with E-state index in [9.17, 15) is 14.4 Å². The van der Waals surface area contributed by atoms with Gasteiger partial charge in [-0.25, -0.2) is 0 Å². The van der Waals surface area contributed by atoms with Crippen molar-refractivity contribution in [3.8, 4) is 0 Å². The zero-order valence-electron chi connectivity index (χ0n) is 43.1. The van der Waals surface area contributed by atoms with E-state index >= 15 is 0 Å². The molecule has 0 heterocycles. The molecule has 0 saturated carbocycles. The number of hydrogen-bond acceptors (Lipinski definition) is 6. The quantitative estimate of drug-likeness (QED) is 0.0262. The van der Waals surface area contributed by atoms with Crippen LogP contribution in [0, 0.1) is 0 Å². The van der Waals surface area contributed by atoms with E-state index in [2.05, 4.69) is 130 Å². The third kappa shape index (κ3) is 52.6. The first-order chi connectivity index (χ1) is 33.0. The van der Waals surface area contributed by atoms with Gasteiger partial charge < -0.3 is 14.2 Å². The van der Waals surface area contributed by atoms with E-state index in [0.717, 1.165) is 89.9 Å². The normalized spacial score (nSPS) is 13.1. The van der Waals surface area contributed by atoms with Crippen molar-refractivity contribution in [3.05, 3.63) is 122 Å². The maximum atomic E-state index is 12.8. The highest BCUT2D eigenvalue weighted by atomic mass is 16.6. The lowest BCUT2D eigenvalue weighted by atomic mass is 10.1. The molecule has 0 aliphatic heterocycles. The molecule has 0 amide bonds. The van der Waals surface area contributed by atoms with Gasteiger partial charge in [0, 0.05) is 19.3 Å². The minimum Gasteiger partial charge on any atom is -0.462 e. The minimum absolute atomic E-state index is 0.132. The van der Waals surface area contributed by atoms with Crippen LogP contribution in [0.15, 0.2) is 122 Å². The Hall–Kier alpha value is -4.19. The van der Waals surface area contributed by atoms with E-state index in [1.807, 2.05) is 12.2 Å². The summed E-state index contributed by atoms with van der Waals surface area (Å²) in [5, 5.41) is 0. The molecular weight excluding hydrogens is 829 g/mol. The average molecular weight is 927 g/mol. The van der Waals surface area contributed by atoms with E-state index in [-0.39, 0.29) is 38.0 Å². The SMILES string of the molecule is CC/C=C\C/C=C\C/C=C\C/C=C\C/C=C\CCC(=O)OC(COC(=O)CCC/C=C\C/C=C\C/C=C\C/C=C\CCCCC)COC(=O)CCCCCCC/C=C\CCCCCCCCC. The monoisotopic (exact) mass is 927 g/mol. The van der Waals surface area contributed by atoms with Crippen LogP contribution in [0.25, 0.3) is 0 Å². The summed E-state index contributed by atoms with van der Waals surface area (Å²) in [7, 11) is 0. The Morgan fingerprint density at radius 3 is 1.07 bits per heavy atom. The van der Waals surface area contributed by atoms with Gasteiger partial charge in [-0.05, 0) is 116 Å². The predicted molar refractivity (Wildman–Crippen MR) is 288 cm³/mol. The fourth-order valence-electron chi connectivity index (χ4n) is 6.89. The van der Waals surface area contributed by atoms with Crippen LogP contribution in [-0.2, 0) is 28.6 Å². The summed E-state index contributed by atoms with van der Waals surface area (Å²) in [5.41, 5.74) is 0. The van der Waals surface area contributed by atoms with Gasteiger partial charge in [-0.1, -0.05) is 213 Å². The number of carbonyl (C=O) groups excluding carboxylic acids is 3. The number of ether oxygens (including phenoxy) is 3. The molecule has 1 atom stereocenters. The van der Waals surface area contributed by atoms with Crippen LogP contribution in [0.3, 0.4) is 0 Å². The van der Waals surface area contributed by atoms with Crippen LogP contribution in [-0.4, -0.2) is 37.2 Å². The lowest BCUT2D eigenvalue weighted by Crippen LogP contribution is -2.30. The second-order valence-corrected chi connectivity index (χ2v) is 17.4. The van der Waals surface area contributed by atoms with Crippen molar-refractivity contribution in [3.63, 3.8) is 0 Å². The lowest BCUT2D eigenvalue weighted by molar-refractivity contribution is -0.166. The topological polar surface area (TPSA) is 78.9 Å². The van der Waals surface area contributed by atoms with Crippen molar-refractivity contribution in [2.75, 3.05) is 13.2 Å². The largest absolute Gasteiger partial charge is 0.462 e. The number of rotatable bonds is 47. The molecule has 0 rings (SSSR count).